The molecule has 1 atom stereocenters. The smallest absolute Gasteiger partial charge is 0.227 e. The number of hydrogen-bond acceptors (Lipinski definition) is 5. The molecule has 1 aromatic heterocycles. The van der Waals surface area contributed by atoms with E-state index in [9.17, 15) is 13.6 Å². The Morgan fingerprint density at radius 2 is 2.09 bits per heavy atom. The summed E-state index contributed by atoms with van der Waals surface area (Å²) in [6.07, 6.45) is 1.29. The van der Waals surface area contributed by atoms with Crippen LogP contribution in [0.5, 0.6) is 0 Å². The van der Waals surface area contributed by atoms with Gasteiger partial charge in [0.2, 0.25) is 11.0 Å². The Hall–Kier alpha value is -2.09. The van der Waals surface area contributed by atoms with Gasteiger partial charge in [-0.25, -0.2) is 8.78 Å². The Kier molecular flexibility index (Phi) is 3.29. The van der Waals surface area contributed by atoms with Crippen molar-refractivity contribution >= 4 is 28.1 Å². The molecule has 2 aromatic rings. The van der Waals surface area contributed by atoms with Crippen LogP contribution in [0.25, 0.3) is 0 Å². The van der Waals surface area contributed by atoms with Gasteiger partial charge in [0.05, 0.1) is 0 Å². The van der Waals surface area contributed by atoms with E-state index >= 15 is 0 Å². The van der Waals surface area contributed by atoms with Crippen LogP contribution in [0.3, 0.4) is 0 Å². The summed E-state index contributed by atoms with van der Waals surface area (Å²) in [5.74, 6) is -1.88. The molecule has 1 aromatic carbocycles. The average Bonchev–Trinajstić information content (AvgIpc) is 3.23. The van der Waals surface area contributed by atoms with E-state index in [0.29, 0.717) is 18.7 Å². The van der Waals surface area contributed by atoms with Gasteiger partial charge in [-0.05, 0) is 18.6 Å². The van der Waals surface area contributed by atoms with Gasteiger partial charge in [0.25, 0.3) is 0 Å². The van der Waals surface area contributed by atoms with Gasteiger partial charge in [0, 0.05) is 43.2 Å². The van der Waals surface area contributed by atoms with E-state index in [-0.39, 0.29) is 11.3 Å². The first-order valence-electron chi connectivity index (χ1n) is 7.33. The molecular weight excluding hydrogens is 322 g/mol. The minimum absolute atomic E-state index is 0.0462. The Labute approximate surface area is 135 Å². The molecule has 8 heteroatoms. The van der Waals surface area contributed by atoms with Crippen molar-refractivity contribution in [3.05, 3.63) is 35.3 Å². The van der Waals surface area contributed by atoms with Gasteiger partial charge in [-0.3, -0.25) is 4.79 Å². The molecule has 2 fully saturated rings. The lowest BCUT2D eigenvalue weighted by atomic mass is 9.86. The first-order chi connectivity index (χ1) is 11.1. The maximum absolute atomic E-state index is 13.4. The second kappa shape index (κ2) is 5.23. The summed E-state index contributed by atoms with van der Waals surface area (Å²) in [7, 11) is 0. The monoisotopic (exact) mass is 336 g/mol. The molecule has 120 valence electrons. The molecule has 4 rings (SSSR count). The highest BCUT2D eigenvalue weighted by atomic mass is 32.1. The van der Waals surface area contributed by atoms with Crippen LogP contribution in [-0.4, -0.2) is 35.7 Å². The first-order valence-corrected chi connectivity index (χ1v) is 8.21. The highest BCUT2D eigenvalue weighted by Crippen LogP contribution is 2.43. The number of nitrogens with zero attached hydrogens (tertiary/aromatic N) is 4. The van der Waals surface area contributed by atoms with E-state index in [1.54, 1.807) is 10.4 Å². The zero-order chi connectivity index (χ0) is 16.0. The summed E-state index contributed by atoms with van der Waals surface area (Å²) < 4.78 is 26.5. The maximum Gasteiger partial charge on any atom is 0.227 e. The van der Waals surface area contributed by atoms with Crippen LogP contribution in [0, 0.1) is 17.0 Å². The molecule has 5 nitrogen and oxygen atoms in total. The van der Waals surface area contributed by atoms with E-state index in [4.69, 9.17) is 0 Å². The van der Waals surface area contributed by atoms with E-state index < -0.39 is 11.6 Å². The fourth-order valence-electron chi connectivity index (χ4n) is 3.46. The zero-order valence-electron chi connectivity index (χ0n) is 12.2. The topological polar surface area (TPSA) is 49.3 Å². The van der Waals surface area contributed by atoms with Crippen LogP contribution in [0.1, 0.15) is 12.8 Å². The van der Waals surface area contributed by atoms with Crippen molar-refractivity contribution in [3.63, 3.8) is 0 Å². The lowest BCUT2D eigenvalue weighted by Crippen LogP contribution is -2.31. The Morgan fingerprint density at radius 1 is 1.22 bits per heavy atom. The number of aromatic nitrogens is 2. The van der Waals surface area contributed by atoms with Crippen molar-refractivity contribution in [2.24, 2.45) is 5.41 Å². The van der Waals surface area contributed by atoms with E-state index in [1.807, 2.05) is 0 Å². The Balaban J connectivity index is 1.55. The number of hydrogen-bond donors (Lipinski definition) is 0. The fraction of sp³-hybridized carbons (Fsp3) is 0.400. The second-order valence-electron chi connectivity index (χ2n) is 6.15. The van der Waals surface area contributed by atoms with Crippen molar-refractivity contribution in [1.82, 2.24) is 10.2 Å². The predicted molar refractivity (Wildman–Crippen MR) is 82.5 cm³/mol. The van der Waals surface area contributed by atoms with Crippen LogP contribution < -0.4 is 9.80 Å². The summed E-state index contributed by atoms with van der Waals surface area (Å²) in [6, 6.07) is 3.60. The lowest BCUT2D eigenvalue weighted by Gasteiger charge is -2.24. The highest BCUT2D eigenvalue weighted by Gasteiger charge is 2.48. The molecule has 3 heterocycles. The number of carbonyl (C=O) groups is 1. The van der Waals surface area contributed by atoms with Crippen molar-refractivity contribution in [2.45, 2.75) is 12.8 Å². The van der Waals surface area contributed by atoms with Gasteiger partial charge in [-0.1, -0.05) is 11.3 Å². The Morgan fingerprint density at radius 3 is 2.83 bits per heavy atom. The van der Waals surface area contributed by atoms with Crippen molar-refractivity contribution in [3.8, 4) is 0 Å². The van der Waals surface area contributed by atoms with Gasteiger partial charge >= 0.3 is 0 Å². The van der Waals surface area contributed by atoms with Gasteiger partial charge in [-0.15, -0.1) is 10.2 Å². The van der Waals surface area contributed by atoms with Crippen LogP contribution in [-0.2, 0) is 4.79 Å². The molecule has 0 bridgehead atoms. The third-order valence-electron chi connectivity index (χ3n) is 4.59. The summed E-state index contributed by atoms with van der Waals surface area (Å²) >= 11 is 1.48. The molecular formula is C15H14F2N4OS. The van der Waals surface area contributed by atoms with Crippen LogP contribution in [0.15, 0.2) is 23.7 Å². The number of carbonyl (C=O) groups excluding carboxylic acids is 1. The van der Waals surface area contributed by atoms with Crippen LogP contribution in [0.2, 0.25) is 0 Å². The standard InChI is InChI=1S/C15H14F2N4OS/c16-11-2-1-10(5-12(11)17)21-8-15(6-13(21)22)3-4-20(7-15)14-19-18-9-23-14/h1-2,5,9H,3-4,6-8H2. The molecule has 2 saturated heterocycles. The van der Waals surface area contributed by atoms with Crippen molar-refractivity contribution in [1.29, 1.82) is 0 Å². The lowest BCUT2D eigenvalue weighted by molar-refractivity contribution is -0.117. The number of anilines is 2. The molecule has 1 unspecified atom stereocenters. The fourth-order valence-corrected chi connectivity index (χ4v) is 4.05. The van der Waals surface area contributed by atoms with E-state index in [1.165, 1.54) is 17.4 Å². The highest BCUT2D eigenvalue weighted by molar-refractivity contribution is 7.13. The molecule has 0 N–H and O–H groups in total. The van der Waals surface area contributed by atoms with Gasteiger partial charge < -0.3 is 9.80 Å². The Bertz CT molecular complexity index is 754. The second-order valence-corrected chi connectivity index (χ2v) is 6.96. The SMILES string of the molecule is O=C1CC2(CCN(c3nncs3)C2)CN1c1ccc(F)c(F)c1. The molecule has 0 aliphatic carbocycles. The normalized spacial score (nSPS) is 24.2. The minimum Gasteiger partial charge on any atom is -0.346 e. The van der Waals surface area contributed by atoms with Gasteiger partial charge in [0.15, 0.2) is 11.6 Å². The third-order valence-corrected chi connectivity index (χ3v) is 5.34. The zero-order valence-corrected chi connectivity index (χ0v) is 13.0. The molecule has 2 aliphatic heterocycles. The summed E-state index contributed by atoms with van der Waals surface area (Å²) in [4.78, 5) is 16.1. The quantitative estimate of drug-likeness (QED) is 0.845. The van der Waals surface area contributed by atoms with E-state index in [0.717, 1.165) is 36.8 Å². The summed E-state index contributed by atoms with van der Waals surface area (Å²) in [5, 5.41) is 8.79. The molecule has 1 amide bonds. The molecule has 0 saturated carbocycles. The average molecular weight is 336 g/mol. The van der Waals surface area contributed by atoms with Crippen LogP contribution in [0.4, 0.5) is 19.6 Å². The summed E-state index contributed by atoms with van der Waals surface area (Å²) in [5.41, 5.74) is 1.95. The minimum atomic E-state index is -0.932. The molecule has 0 radical (unpaired) electrons. The van der Waals surface area contributed by atoms with Gasteiger partial charge in [0.1, 0.15) is 5.51 Å². The first kappa shape index (κ1) is 14.5. The van der Waals surface area contributed by atoms with Crippen molar-refractivity contribution in [2.75, 3.05) is 29.4 Å². The number of rotatable bonds is 2. The van der Waals surface area contributed by atoms with E-state index in [2.05, 4.69) is 15.1 Å². The summed E-state index contributed by atoms with van der Waals surface area (Å²) in [6.45, 7) is 2.08. The number of benzene rings is 1. The van der Waals surface area contributed by atoms with Crippen LogP contribution >= 0.6 is 11.3 Å². The maximum atomic E-state index is 13.4. The molecule has 1 spiro atoms. The number of amides is 1. The molecule has 23 heavy (non-hydrogen) atoms. The van der Waals surface area contributed by atoms with Crippen molar-refractivity contribution < 1.29 is 13.6 Å². The molecule has 2 aliphatic rings. The number of halogens is 2. The van der Waals surface area contributed by atoms with Gasteiger partial charge in [-0.2, -0.15) is 0 Å². The largest absolute Gasteiger partial charge is 0.346 e. The predicted octanol–water partition coefficient (Wildman–Crippen LogP) is 2.45. The third kappa shape index (κ3) is 2.46.